The van der Waals surface area contributed by atoms with Crippen molar-refractivity contribution in [3.05, 3.63) is 23.0 Å². The number of hydrogen-bond donors (Lipinski definition) is 2. The van der Waals surface area contributed by atoms with Crippen molar-refractivity contribution in [2.45, 2.75) is 50.5 Å². The van der Waals surface area contributed by atoms with Crippen molar-refractivity contribution in [3.63, 3.8) is 0 Å². The topological polar surface area (TPSA) is 83.7 Å². The fourth-order valence-electron chi connectivity index (χ4n) is 3.95. The average Bonchev–Trinajstić information content (AvgIpc) is 3.41. The number of fused-ring (bicyclic) bond motifs is 3. The molecule has 1 aromatic carbocycles. The molecule has 0 amide bonds. The third kappa shape index (κ3) is 3.32. The highest BCUT2D eigenvalue weighted by atomic mass is 32.1. The number of benzene rings is 1. The summed E-state index contributed by atoms with van der Waals surface area (Å²) in [4.78, 5) is 10.9. The molecule has 2 aromatic heterocycles. The number of thiazole rings is 1. The monoisotopic (exact) mass is 436 g/mol. The van der Waals surface area contributed by atoms with Gasteiger partial charge in [0.25, 0.3) is 6.01 Å². The van der Waals surface area contributed by atoms with Crippen LogP contribution in [0.15, 0.2) is 27.4 Å². The lowest BCUT2D eigenvalue weighted by molar-refractivity contribution is -0.275. The third-order valence-corrected chi connectivity index (χ3v) is 6.23. The SMILES string of the molecule is CC(C)(O)C(F)(F)Oc1ccc(-c2cscn2)c2oc(N3CC4CCC(C3)N4)nc12. The van der Waals surface area contributed by atoms with Crippen LogP contribution in [0.4, 0.5) is 14.8 Å². The standard InChI is InChI=1S/C20H22F2N4O3S/c1-19(2,27)20(21,22)29-15-6-5-13(14-9-30-10-23-14)17-16(15)25-18(28-17)26-7-11-3-4-12(8-26)24-11/h5-6,9-12,24,27H,3-4,7-8H2,1-2H3. The molecule has 2 atom stereocenters. The predicted octanol–water partition coefficient (Wildman–Crippen LogP) is 3.63. The molecule has 0 aliphatic carbocycles. The van der Waals surface area contributed by atoms with Crippen LogP contribution in [0.25, 0.3) is 22.4 Å². The molecular formula is C20H22F2N4O3S. The van der Waals surface area contributed by atoms with Crippen LogP contribution in [0.1, 0.15) is 26.7 Å². The minimum absolute atomic E-state index is 0.149. The zero-order valence-electron chi connectivity index (χ0n) is 16.6. The maximum Gasteiger partial charge on any atom is 0.426 e. The average molecular weight is 436 g/mol. The smallest absolute Gasteiger partial charge is 0.426 e. The van der Waals surface area contributed by atoms with Gasteiger partial charge < -0.3 is 24.5 Å². The Hall–Kier alpha value is -2.30. The van der Waals surface area contributed by atoms with Gasteiger partial charge in [0, 0.05) is 36.1 Å². The number of anilines is 1. The van der Waals surface area contributed by atoms with Gasteiger partial charge in [-0.3, -0.25) is 0 Å². The molecule has 0 spiro atoms. The van der Waals surface area contributed by atoms with Gasteiger partial charge in [-0.25, -0.2) is 4.98 Å². The Balaban J connectivity index is 1.60. The molecule has 0 saturated carbocycles. The Morgan fingerprint density at radius 1 is 1.27 bits per heavy atom. The van der Waals surface area contributed by atoms with E-state index in [1.165, 1.54) is 17.4 Å². The number of ether oxygens (including phenoxy) is 1. The summed E-state index contributed by atoms with van der Waals surface area (Å²) < 4.78 is 39.9. The van der Waals surface area contributed by atoms with E-state index in [9.17, 15) is 13.9 Å². The van der Waals surface area contributed by atoms with Gasteiger partial charge in [-0.15, -0.1) is 11.3 Å². The van der Waals surface area contributed by atoms with Gasteiger partial charge in [0.15, 0.2) is 22.5 Å². The minimum atomic E-state index is -3.81. The molecule has 2 saturated heterocycles. The molecule has 2 N–H and O–H groups in total. The Labute approximate surface area is 175 Å². The first kappa shape index (κ1) is 19.7. The molecule has 0 radical (unpaired) electrons. The van der Waals surface area contributed by atoms with Crippen molar-refractivity contribution < 1.29 is 23.0 Å². The zero-order valence-corrected chi connectivity index (χ0v) is 17.4. The van der Waals surface area contributed by atoms with E-state index in [1.807, 2.05) is 10.3 Å². The third-order valence-electron chi connectivity index (χ3n) is 5.64. The lowest BCUT2D eigenvalue weighted by Crippen LogP contribution is -2.51. The summed E-state index contributed by atoms with van der Waals surface area (Å²) in [5, 5.41) is 15.2. The first-order valence-corrected chi connectivity index (χ1v) is 10.8. The van der Waals surface area contributed by atoms with E-state index in [2.05, 4.69) is 15.3 Å². The fourth-order valence-corrected chi connectivity index (χ4v) is 4.51. The van der Waals surface area contributed by atoms with E-state index in [4.69, 9.17) is 9.15 Å². The van der Waals surface area contributed by atoms with Crippen LogP contribution in [0.3, 0.4) is 0 Å². The Morgan fingerprint density at radius 3 is 2.63 bits per heavy atom. The number of aromatic nitrogens is 2. The van der Waals surface area contributed by atoms with E-state index in [1.54, 1.807) is 11.6 Å². The van der Waals surface area contributed by atoms with Gasteiger partial charge >= 0.3 is 6.11 Å². The van der Waals surface area contributed by atoms with Gasteiger partial charge in [0.05, 0.1) is 11.2 Å². The Bertz CT molecular complexity index is 1050. The number of oxazole rings is 1. The van der Waals surface area contributed by atoms with Gasteiger partial charge in [0.1, 0.15) is 0 Å². The normalized spacial score (nSPS) is 22.1. The summed E-state index contributed by atoms with van der Waals surface area (Å²) >= 11 is 1.43. The molecule has 2 aliphatic rings. The molecule has 3 aromatic rings. The summed E-state index contributed by atoms with van der Waals surface area (Å²) in [5.41, 5.74) is 1.18. The number of halogens is 2. The summed E-state index contributed by atoms with van der Waals surface area (Å²) in [6, 6.07) is 4.16. The molecule has 5 rings (SSSR count). The van der Waals surface area contributed by atoms with Crippen LogP contribution in [-0.2, 0) is 0 Å². The van der Waals surface area contributed by atoms with Crippen LogP contribution >= 0.6 is 11.3 Å². The highest BCUT2D eigenvalue weighted by Crippen LogP contribution is 2.40. The van der Waals surface area contributed by atoms with Crippen LogP contribution < -0.4 is 15.0 Å². The minimum Gasteiger partial charge on any atom is -0.428 e. The van der Waals surface area contributed by atoms with Gasteiger partial charge in [-0.05, 0) is 38.8 Å². The Kier molecular flexibility index (Phi) is 4.49. The van der Waals surface area contributed by atoms with Crippen molar-refractivity contribution >= 4 is 28.5 Å². The molecule has 7 nitrogen and oxygen atoms in total. The number of alkyl halides is 2. The van der Waals surface area contributed by atoms with Crippen molar-refractivity contribution in [1.29, 1.82) is 0 Å². The summed E-state index contributed by atoms with van der Waals surface area (Å²) in [7, 11) is 0. The van der Waals surface area contributed by atoms with Crippen LogP contribution in [0.5, 0.6) is 5.75 Å². The second kappa shape index (κ2) is 6.86. The molecule has 30 heavy (non-hydrogen) atoms. The van der Waals surface area contributed by atoms with Crippen LogP contribution in [0, 0.1) is 0 Å². The maximum absolute atomic E-state index is 14.4. The number of hydrogen-bond acceptors (Lipinski definition) is 8. The number of nitrogens with zero attached hydrogens (tertiary/aromatic N) is 3. The predicted molar refractivity (Wildman–Crippen MR) is 109 cm³/mol. The summed E-state index contributed by atoms with van der Waals surface area (Å²) in [6.45, 7) is 3.48. The maximum atomic E-state index is 14.4. The van der Waals surface area contributed by atoms with E-state index in [0.29, 0.717) is 34.9 Å². The summed E-state index contributed by atoms with van der Waals surface area (Å²) in [6.07, 6.45) is -1.62. The number of nitrogens with one attached hydrogen (secondary N) is 1. The second-order valence-electron chi connectivity index (χ2n) is 8.38. The number of piperazine rings is 1. The van der Waals surface area contributed by atoms with Gasteiger partial charge in [0.2, 0.25) is 0 Å². The molecular weight excluding hydrogens is 414 g/mol. The molecule has 2 fully saturated rings. The number of rotatable bonds is 5. The highest BCUT2D eigenvalue weighted by Gasteiger charge is 2.49. The lowest BCUT2D eigenvalue weighted by atomic mass is 10.1. The van der Waals surface area contributed by atoms with Crippen molar-refractivity contribution in [1.82, 2.24) is 15.3 Å². The van der Waals surface area contributed by atoms with E-state index in [-0.39, 0.29) is 11.3 Å². The first-order valence-electron chi connectivity index (χ1n) is 9.83. The quantitative estimate of drug-likeness (QED) is 0.632. The number of aliphatic hydroxyl groups is 1. The van der Waals surface area contributed by atoms with Crippen LogP contribution in [-0.4, -0.2) is 52.0 Å². The largest absolute Gasteiger partial charge is 0.428 e. The zero-order chi connectivity index (χ0) is 21.1. The summed E-state index contributed by atoms with van der Waals surface area (Å²) in [5.74, 6) is -0.149. The Morgan fingerprint density at radius 2 is 2.00 bits per heavy atom. The fraction of sp³-hybridized carbons (Fsp3) is 0.500. The molecule has 2 aliphatic heterocycles. The van der Waals surface area contributed by atoms with Crippen molar-refractivity contribution in [2.24, 2.45) is 0 Å². The van der Waals surface area contributed by atoms with E-state index in [0.717, 1.165) is 39.8 Å². The van der Waals surface area contributed by atoms with Gasteiger partial charge in [-0.1, -0.05) is 0 Å². The van der Waals surface area contributed by atoms with E-state index < -0.39 is 11.7 Å². The molecule has 10 heteroatoms. The molecule has 160 valence electrons. The first-order chi connectivity index (χ1) is 14.2. The van der Waals surface area contributed by atoms with Crippen LogP contribution in [0.2, 0.25) is 0 Å². The molecule has 2 bridgehead atoms. The highest BCUT2D eigenvalue weighted by molar-refractivity contribution is 7.07. The molecule has 4 heterocycles. The second-order valence-corrected chi connectivity index (χ2v) is 9.10. The van der Waals surface area contributed by atoms with E-state index >= 15 is 0 Å². The molecule has 2 unspecified atom stereocenters. The van der Waals surface area contributed by atoms with Crippen molar-refractivity contribution in [2.75, 3.05) is 18.0 Å². The van der Waals surface area contributed by atoms with Gasteiger partial charge in [-0.2, -0.15) is 13.8 Å². The van der Waals surface area contributed by atoms with Crippen molar-refractivity contribution in [3.8, 4) is 17.0 Å². The lowest BCUT2D eigenvalue weighted by Gasteiger charge is -2.31.